The fraction of sp³-hybridized carbons (Fsp3) is 0.462. The average Bonchev–Trinajstić information content (AvgIpc) is 3.67. The number of aliphatic hydroxyl groups excluding tert-OH is 1. The van der Waals surface area contributed by atoms with E-state index < -0.39 is 5.54 Å². The first-order valence-electron chi connectivity index (χ1n) is 13.3. The molecule has 6 heterocycles. The number of rotatable bonds is 9. The van der Waals surface area contributed by atoms with Crippen LogP contribution in [0.2, 0.25) is 0 Å². The number of anilines is 3. The zero-order valence-corrected chi connectivity index (χ0v) is 22.4. The predicted molar refractivity (Wildman–Crippen MR) is 146 cm³/mol. The number of likely N-dealkylation sites (N-methyl/N-ethyl adjacent to an activating group) is 1. The largest absolute Gasteiger partial charge is 0.396 e. The molecule has 6 rings (SSSR count). The quantitative estimate of drug-likeness (QED) is 0.301. The molecule has 0 bridgehead atoms. The van der Waals surface area contributed by atoms with Crippen LogP contribution in [0.15, 0.2) is 43.1 Å². The second kappa shape index (κ2) is 10.6. The van der Waals surface area contributed by atoms with E-state index in [0.717, 1.165) is 37.4 Å². The van der Waals surface area contributed by atoms with Gasteiger partial charge in [0.2, 0.25) is 11.9 Å². The van der Waals surface area contributed by atoms with Crippen molar-refractivity contribution in [3.63, 3.8) is 0 Å². The highest BCUT2D eigenvalue weighted by Crippen LogP contribution is 2.37. The maximum atomic E-state index is 12.7. The first kappa shape index (κ1) is 25.8. The summed E-state index contributed by atoms with van der Waals surface area (Å²) in [5.74, 6) is 0.474. The number of piperazine rings is 1. The van der Waals surface area contributed by atoms with E-state index in [4.69, 9.17) is 4.98 Å². The van der Waals surface area contributed by atoms with Gasteiger partial charge in [0, 0.05) is 64.5 Å². The minimum absolute atomic E-state index is 0.0556. The van der Waals surface area contributed by atoms with Crippen molar-refractivity contribution in [2.75, 3.05) is 63.1 Å². The molecule has 0 unspecified atom stereocenters. The van der Waals surface area contributed by atoms with Crippen molar-refractivity contribution in [1.29, 1.82) is 5.26 Å². The molecule has 0 spiro atoms. The number of hydrogen-bond donors (Lipinski definition) is 2. The third-order valence-electron chi connectivity index (χ3n) is 7.63. The molecule has 0 saturated carbocycles. The molecule has 4 aromatic rings. The lowest BCUT2D eigenvalue weighted by atomic mass is 9.86. The number of nitrogens with zero attached hydrogens (tertiary/aromatic N) is 11. The van der Waals surface area contributed by atoms with E-state index in [0.29, 0.717) is 43.2 Å². The summed E-state index contributed by atoms with van der Waals surface area (Å²) < 4.78 is 5.21. The number of carbonyl (C=O) groups excluding carboxylic acids is 1. The van der Waals surface area contributed by atoms with Crippen LogP contribution in [0.1, 0.15) is 12.0 Å². The van der Waals surface area contributed by atoms with Gasteiger partial charge >= 0.3 is 0 Å². The van der Waals surface area contributed by atoms with Gasteiger partial charge in [-0.1, -0.05) is 0 Å². The molecule has 0 aromatic carbocycles. The van der Waals surface area contributed by atoms with Gasteiger partial charge in [0.25, 0.3) is 0 Å². The molecule has 40 heavy (non-hydrogen) atoms. The summed E-state index contributed by atoms with van der Waals surface area (Å²) in [4.78, 5) is 23.6. The van der Waals surface area contributed by atoms with Crippen LogP contribution < -0.4 is 10.2 Å². The highest BCUT2D eigenvalue weighted by atomic mass is 16.3. The Kier molecular flexibility index (Phi) is 6.82. The average molecular weight is 545 g/mol. The Bertz CT molecular complexity index is 1530. The summed E-state index contributed by atoms with van der Waals surface area (Å²) >= 11 is 0. The van der Waals surface area contributed by atoms with Gasteiger partial charge in [-0.05, 0) is 31.2 Å². The van der Waals surface area contributed by atoms with Crippen LogP contribution in [0.4, 0.5) is 17.3 Å². The number of hydrogen-bond acceptors (Lipinski definition) is 10. The first-order valence-corrected chi connectivity index (χ1v) is 13.3. The van der Waals surface area contributed by atoms with Gasteiger partial charge < -0.3 is 25.1 Å². The minimum atomic E-state index is -0.438. The van der Waals surface area contributed by atoms with Gasteiger partial charge in [0.15, 0.2) is 5.65 Å². The fourth-order valence-electron chi connectivity index (χ4n) is 5.33. The van der Waals surface area contributed by atoms with Gasteiger partial charge in [-0.3, -0.25) is 14.2 Å². The summed E-state index contributed by atoms with van der Waals surface area (Å²) in [6.45, 7) is 4.67. The molecule has 2 saturated heterocycles. The fourth-order valence-corrected chi connectivity index (χ4v) is 5.33. The van der Waals surface area contributed by atoms with Crippen LogP contribution in [-0.4, -0.2) is 108 Å². The number of nitrogens with one attached hydrogen (secondary N) is 1. The third kappa shape index (κ3) is 4.96. The third-order valence-corrected chi connectivity index (χ3v) is 7.63. The smallest absolute Gasteiger partial charge is 0.247 e. The lowest BCUT2D eigenvalue weighted by Crippen LogP contribution is -2.63. The number of aliphatic hydroxyl groups is 1. The van der Waals surface area contributed by atoms with E-state index >= 15 is 0 Å². The SMILES string of the molecule is CN1CCN(C(=O)Cn2cc(Nc3nc4c(N5CC(CC#N)(n6cc(CCO)cn6)C5)cccn4n3)cn2)CC1. The molecule has 2 aliphatic heterocycles. The predicted octanol–water partition coefficient (Wildman–Crippen LogP) is 0.304. The monoisotopic (exact) mass is 544 g/mol. The molecule has 4 aromatic heterocycles. The van der Waals surface area contributed by atoms with E-state index in [-0.39, 0.29) is 19.1 Å². The zero-order valence-electron chi connectivity index (χ0n) is 22.4. The lowest BCUT2D eigenvalue weighted by Gasteiger charge is -2.50. The van der Waals surface area contributed by atoms with E-state index in [2.05, 4.69) is 43.5 Å². The van der Waals surface area contributed by atoms with Gasteiger partial charge in [-0.2, -0.15) is 20.4 Å². The molecule has 0 atom stereocenters. The summed E-state index contributed by atoms with van der Waals surface area (Å²) in [6, 6.07) is 6.22. The molecule has 2 aliphatic rings. The molecular formula is C26H32N12O2. The molecule has 2 N–H and O–H groups in total. The standard InChI is InChI=1S/C26H32N12O2/c1-33-8-10-34(11-9-33)23(40)17-36-16-21(14-28-36)30-25-31-24-22(3-2-7-37(24)32-25)35-18-26(19-35,5-6-27)38-15-20(4-12-39)13-29-38/h2-3,7,13-16,39H,4-5,8-12,17-19H2,1H3,(H,30,32). The Morgan fingerprint density at radius 1 is 1.18 bits per heavy atom. The Labute approximate surface area is 231 Å². The molecule has 0 radical (unpaired) electrons. The van der Waals surface area contributed by atoms with E-state index in [1.807, 2.05) is 34.1 Å². The summed E-state index contributed by atoms with van der Waals surface area (Å²) in [5, 5.41) is 35.4. The van der Waals surface area contributed by atoms with Crippen molar-refractivity contribution < 1.29 is 9.90 Å². The Morgan fingerprint density at radius 3 is 2.77 bits per heavy atom. The van der Waals surface area contributed by atoms with Gasteiger partial charge in [0.1, 0.15) is 12.1 Å². The van der Waals surface area contributed by atoms with E-state index in [1.165, 1.54) is 0 Å². The molecule has 0 aliphatic carbocycles. The maximum absolute atomic E-state index is 12.7. The number of aromatic nitrogens is 7. The second-order valence-electron chi connectivity index (χ2n) is 10.5. The number of carbonyl (C=O) groups is 1. The Hall–Kier alpha value is -4.48. The van der Waals surface area contributed by atoms with Crippen molar-refractivity contribution in [3.05, 3.63) is 48.7 Å². The highest BCUT2D eigenvalue weighted by Gasteiger charge is 2.46. The molecule has 208 valence electrons. The van der Waals surface area contributed by atoms with Crippen LogP contribution in [0.25, 0.3) is 5.65 Å². The van der Waals surface area contributed by atoms with E-state index in [9.17, 15) is 15.2 Å². The van der Waals surface area contributed by atoms with Gasteiger partial charge in [-0.15, -0.1) is 5.10 Å². The van der Waals surface area contributed by atoms with Crippen molar-refractivity contribution in [1.82, 2.24) is 44.0 Å². The lowest BCUT2D eigenvalue weighted by molar-refractivity contribution is -0.133. The van der Waals surface area contributed by atoms with Crippen LogP contribution in [0.3, 0.4) is 0 Å². The van der Waals surface area contributed by atoms with E-state index in [1.54, 1.807) is 27.8 Å². The summed E-state index contributed by atoms with van der Waals surface area (Å²) in [6.07, 6.45) is 9.81. The van der Waals surface area contributed by atoms with Crippen LogP contribution in [0.5, 0.6) is 0 Å². The number of pyridine rings is 1. The first-order chi connectivity index (χ1) is 19.5. The van der Waals surface area contributed by atoms with Gasteiger partial charge in [0.05, 0.1) is 36.3 Å². The molecule has 14 heteroatoms. The zero-order chi connectivity index (χ0) is 27.7. The Morgan fingerprint density at radius 2 is 2.00 bits per heavy atom. The second-order valence-corrected chi connectivity index (χ2v) is 10.5. The van der Waals surface area contributed by atoms with Gasteiger partial charge in [-0.25, -0.2) is 4.52 Å². The van der Waals surface area contributed by atoms with Crippen molar-refractivity contribution in [2.45, 2.75) is 24.9 Å². The van der Waals surface area contributed by atoms with Crippen LogP contribution in [-0.2, 0) is 23.3 Å². The molecular weight excluding hydrogens is 512 g/mol. The maximum Gasteiger partial charge on any atom is 0.247 e. The molecule has 2 fully saturated rings. The van der Waals surface area contributed by atoms with Crippen LogP contribution in [0, 0.1) is 11.3 Å². The summed E-state index contributed by atoms with van der Waals surface area (Å²) in [5.41, 5.74) is 2.80. The summed E-state index contributed by atoms with van der Waals surface area (Å²) in [7, 11) is 2.06. The number of fused-ring (bicyclic) bond motifs is 1. The normalized spacial score (nSPS) is 17.1. The highest BCUT2D eigenvalue weighted by molar-refractivity contribution is 5.76. The number of amides is 1. The molecule has 1 amide bonds. The Balaban J connectivity index is 1.14. The van der Waals surface area contributed by atoms with Crippen molar-refractivity contribution in [2.24, 2.45) is 0 Å². The topological polar surface area (TPSA) is 149 Å². The number of nitriles is 1. The minimum Gasteiger partial charge on any atom is -0.396 e. The molecule has 14 nitrogen and oxygen atoms in total. The van der Waals surface area contributed by atoms with Crippen molar-refractivity contribution in [3.8, 4) is 6.07 Å². The van der Waals surface area contributed by atoms with Crippen molar-refractivity contribution >= 4 is 28.9 Å². The van der Waals surface area contributed by atoms with Crippen LogP contribution >= 0.6 is 0 Å².